The van der Waals surface area contributed by atoms with Crippen molar-refractivity contribution >= 4 is 36.2 Å². The molecule has 0 atom stereocenters. The fourth-order valence-corrected chi connectivity index (χ4v) is 9.47. The van der Waals surface area contributed by atoms with Gasteiger partial charge >= 0.3 is 7.12 Å². The Morgan fingerprint density at radius 3 is 1.30 bits per heavy atom. The topological polar surface area (TPSA) is 18.5 Å². The number of rotatable bonds is 6. The molecule has 0 saturated carbocycles. The van der Waals surface area contributed by atoms with Crippen LogP contribution in [0, 0.1) is 0 Å². The summed E-state index contributed by atoms with van der Waals surface area (Å²) in [6.45, 7) is 11.0. The van der Waals surface area contributed by atoms with Crippen LogP contribution >= 0.6 is 0 Å². The summed E-state index contributed by atoms with van der Waals surface area (Å²) in [6, 6.07) is 43.4. The minimum Gasteiger partial charge on any atom is -0.399 e. The number of benzene rings is 4. The van der Waals surface area contributed by atoms with Crippen molar-refractivity contribution in [2.24, 2.45) is 0 Å². The molecule has 0 aromatic heterocycles. The summed E-state index contributed by atoms with van der Waals surface area (Å²) in [4.78, 5) is 0. The van der Waals surface area contributed by atoms with E-state index in [1.807, 2.05) is 0 Å². The Morgan fingerprint density at radius 2 is 0.892 bits per heavy atom. The molecule has 0 unspecified atom stereocenters. The summed E-state index contributed by atoms with van der Waals surface area (Å²) in [7, 11) is -3.06. The standard InChI is InChI=1S/C33H35BO2Si/c1-32(2)33(3,4)36-34(35-32)30(26-18-10-6-11-19-26)31(27-20-12-7-13-21-27)37(5,28-22-14-8-15-23-28)29-24-16-9-17-25-29/h6-25H,1-5H3/b31-30-. The molecule has 4 aromatic rings. The highest BCUT2D eigenvalue weighted by Crippen LogP contribution is 2.44. The van der Waals surface area contributed by atoms with Crippen LogP contribution in [0.4, 0.5) is 0 Å². The maximum atomic E-state index is 6.79. The zero-order valence-corrected chi connectivity index (χ0v) is 23.4. The minimum atomic E-state index is -2.56. The van der Waals surface area contributed by atoms with Crippen molar-refractivity contribution < 1.29 is 9.31 Å². The molecular formula is C33H35BO2Si. The first kappa shape index (κ1) is 25.5. The van der Waals surface area contributed by atoms with Crippen molar-refractivity contribution in [1.82, 2.24) is 0 Å². The van der Waals surface area contributed by atoms with Gasteiger partial charge in [0, 0.05) is 0 Å². The highest BCUT2D eigenvalue weighted by molar-refractivity contribution is 7.16. The van der Waals surface area contributed by atoms with Gasteiger partial charge < -0.3 is 9.31 Å². The molecule has 0 amide bonds. The number of hydrogen-bond acceptors (Lipinski definition) is 2. The van der Waals surface area contributed by atoms with E-state index in [1.165, 1.54) is 21.1 Å². The Morgan fingerprint density at radius 1 is 0.541 bits per heavy atom. The van der Waals surface area contributed by atoms with Gasteiger partial charge in [-0.2, -0.15) is 0 Å². The SMILES string of the molecule is CC1(C)OB(/C(=C(/c2ccccc2)[Si](C)(c2ccccc2)c2ccccc2)c2ccccc2)OC1(C)C. The van der Waals surface area contributed by atoms with E-state index in [9.17, 15) is 0 Å². The maximum Gasteiger partial charge on any atom is 0.495 e. The summed E-state index contributed by atoms with van der Waals surface area (Å²) in [5.41, 5.74) is 2.56. The third-order valence-electron chi connectivity index (χ3n) is 8.11. The largest absolute Gasteiger partial charge is 0.495 e. The zero-order valence-electron chi connectivity index (χ0n) is 22.4. The van der Waals surface area contributed by atoms with Crippen molar-refractivity contribution in [2.45, 2.75) is 45.4 Å². The van der Waals surface area contributed by atoms with E-state index < -0.39 is 26.4 Å². The third kappa shape index (κ3) is 4.66. The maximum absolute atomic E-state index is 6.79. The van der Waals surface area contributed by atoms with Crippen LogP contribution in [0.25, 0.3) is 10.7 Å². The summed E-state index contributed by atoms with van der Waals surface area (Å²) in [5.74, 6) is 0. The lowest BCUT2D eigenvalue weighted by Crippen LogP contribution is -2.57. The quantitative estimate of drug-likeness (QED) is 0.217. The van der Waals surface area contributed by atoms with E-state index in [2.05, 4.69) is 156 Å². The molecule has 1 aliphatic heterocycles. The monoisotopic (exact) mass is 502 g/mol. The van der Waals surface area contributed by atoms with Gasteiger partial charge in [0.2, 0.25) is 0 Å². The molecule has 0 bridgehead atoms. The van der Waals surface area contributed by atoms with Crippen LogP contribution in [-0.4, -0.2) is 26.4 Å². The smallest absolute Gasteiger partial charge is 0.399 e. The first-order valence-electron chi connectivity index (χ1n) is 13.1. The Labute approximate surface area is 223 Å². The van der Waals surface area contributed by atoms with E-state index >= 15 is 0 Å². The Bertz CT molecular complexity index is 1310. The fraction of sp³-hybridized carbons (Fsp3) is 0.212. The van der Waals surface area contributed by atoms with Gasteiger partial charge in [0.1, 0.15) is 8.07 Å². The Hall–Kier alpha value is -3.18. The average molecular weight is 503 g/mol. The highest BCUT2D eigenvalue weighted by Gasteiger charge is 2.54. The van der Waals surface area contributed by atoms with Gasteiger partial charge in [-0.15, -0.1) is 0 Å². The normalized spacial score (nSPS) is 17.4. The van der Waals surface area contributed by atoms with Crippen LogP contribution < -0.4 is 10.4 Å². The summed E-state index contributed by atoms with van der Waals surface area (Å²) in [5, 5.41) is 4.02. The van der Waals surface area contributed by atoms with Crippen molar-refractivity contribution in [3.8, 4) is 0 Å². The fourth-order valence-electron chi connectivity index (χ4n) is 5.29. The first-order valence-corrected chi connectivity index (χ1v) is 15.6. The number of hydrogen-bond donors (Lipinski definition) is 0. The van der Waals surface area contributed by atoms with Gasteiger partial charge in [-0.25, -0.2) is 0 Å². The van der Waals surface area contributed by atoms with E-state index in [0.717, 1.165) is 11.0 Å². The van der Waals surface area contributed by atoms with Crippen molar-refractivity contribution in [3.05, 3.63) is 132 Å². The summed E-state index contributed by atoms with van der Waals surface area (Å²) < 4.78 is 13.6. The molecule has 0 N–H and O–H groups in total. The molecule has 4 aromatic carbocycles. The molecule has 2 nitrogen and oxygen atoms in total. The van der Waals surface area contributed by atoms with Crippen LogP contribution in [0.1, 0.15) is 38.8 Å². The van der Waals surface area contributed by atoms with Gasteiger partial charge in [-0.05, 0) is 59.9 Å². The molecular weight excluding hydrogens is 467 g/mol. The lowest BCUT2D eigenvalue weighted by molar-refractivity contribution is 0.00578. The first-order chi connectivity index (χ1) is 17.7. The predicted molar refractivity (Wildman–Crippen MR) is 160 cm³/mol. The Balaban J connectivity index is 1.91. The van der Waals surface area contributed by atoms with Crippen molar-refractivity contribution in [2.75, 3.05) is 0 Å². The lowest BCUT2D eigenvalue weighted by atomic mass is 9.73. The molecule has 0 aliphatic carbocycles. The molecule has 1 fully saturated rings. The third-order valence-corrected chi connectivity index (χ3v) is 12.6. The molecule has 186 valence electrons. The molecule has 4 heteroatoms. The zero-order chi connectivity index (χ0) is 26.1. The van der Waals surface area contributed by atoms with E-state index in [-0.39, 0.29) is 0 Å². The summed E-state index contributed by atoms with van der Waals surface area (Å²) in [6.07, 6.45) is 0. The van der Waals surface area contributed by atoms with Gasteiger partial charge in [0.15, 0.2) is 0 Å². The second kappa shape index (κ2) is 9.94. The van der Waals surface area contributed by atoms with Crippen LogP contribution in [-0.2, 0) is 9.31 Å². The molecule has 1 saturated heterocycles. The minimum absolute atomic E-state index is 0.447. The molecule has 1 aliphatic rings. The van der Waals surface area contributed by atoms with Crippen LogP contribution in [0.3, 0.4) is 0 Å². The van der Waals surface area contributed by atoms with Gasteiger partial charge in [-0.3, -0.25) is 0 Å². The van der Waals surface area contributed by atoms with E-state index in [0.29, 0.717) is 0 Å². The molecule has 37 heavy (non-hydrogen) atoms. The molecule has 1 heterocycles. The predicted octanol–water partition coefficient (Wildman–Crippen LogP) is 6.66. The van der Waals surface area contributed by atoms with Crippen LogP contribution in [0.15, 0.2) is 121 Å². The molecule has 5 rings (SSSR count). The average Bonchev–Trinajstić information content (AvgIpc) is 3.14. The van der Waals surface area contributed by atoms with Crippen LogP contribution in [0.2, 0.25) is 6.55 Å². The van der Waals surface area contributed by atoms with Crippen LogP contribution in [0.5, 0.6) is 0 Å². The highest BCUT2D eigenvalue weighted by atomic mass is 28.3. The van der Waals surface area contributed by atoms with Crippen molar-refractivity contribution in [3.63, 3.8) is 0 Å². The lowest BCUT2D eigenvalue weighted by Gasteiger charge is -2.35. The van der Waals surface area contributed by atoms with E-state index in [1.54, 1.807) is 0 Å². The summed E-state index contributed by atoms with van der Waals surface area (Å²) >= 11 is 0. The second-order valence-electron chi connectivity index (χ2n) is 11.0. The Kier molecular flexibility index (Phi) is 6.84. The van der Waals surface area contributed by atoms with Gasteiger partial charge in [0.05, 0.1) is 11.2 Å². The van der Waals surface area contributed by atoms with Gasteiger partial charge in [-0.1, -0.05) is 128 Å². The second-order valence-corrected chi connectivity index (χ2v) is 14.9. The molecule has 0 radical (unpaired) electrons. The van der Waals surface area contributed by atoms with Gasteiger partial charge in [0.25, 0.3) is 0 Å². The van der Waals surface area contributed by atoms with Crippen molar-refractivity contribution in [1.29, 1.82) is 0 Å². The molecule has 0 spiro atoms. The van der Waals surface area contributed by atoms with E-state index in [4.69, 9.17) is 9.31 Å².